The van der Waals surface area contributed by atoms with Crippen molar-refractivity contribution < 1.29 is 35.9 Å². The second-order valence-corrected chi connectivity index (χ2v) is 11.8. The van der Waals surface area contributed by atoms with E-state index in [0.717, 1.165) is 23.9 Å². The third kappa shape index (κ3) is 5.39. The van der Waals surface area contributed by atoms with Gasteiger partial charge in [0.15, 0.2) is 26.5 Å². The average Bonchev–Trinajstić information content (AvgIpc) is 3.23. The SMILES string of the molecule is COc1ccc(CC(=O)N=C2SC3CS(=O)(=O)CC3N2c2ccc(Cl)c(C(F)(F)F)c2)cc1OC. The Morgan fingerprint density at radius 3 is 2.51 bits per heavy atom. The molecule has 0 saturated carbocycles. The summed E-state index contributed by atoms with van der Waals surface area (Å²) in [6.07, 6.45) is -4.80. The van der Waals surface area contributed by atoms with Crippen LogP contribution >= 0.6 is 23.4 Å². The maximum absolute atomic E-state index is 13.5. The van der Waals surface area contributed by atoms with Crippen LogP contribution in [-0.4, -0.2) is 56.5 Å². The summed E-state index contributed by atoms with van der Waals surface area (Å²) in [7, 11) is -0.437. The molecule has 7 nitrogen and oxygen atoms in total. The lowest BCUT2D eigenvalue weighted by molar-refractivity contribution is -0.137. The summed E-state index contributed by atoms with van der Waals surface area (Å²) in [4.78, 5) is 18.4. The van der Waals surface area contributed by atoms with Crippen LogP contribution in [0.5, 0.6) is 11.5 Å². The van der Waals surface area contributed by atoms with Crippen LogP contribution in [0.3, 0.4) is 0 Å². The molecule has 4 rings (SSSR count). The van der Waals surface area contributed by atoms with E-state index in [1.165, 1.54) is 25.2 Å². The number of ether oxygens (including phenoxy) is 2. The number of halogens is 4. The zero-order valence-corrected chi connectivity index (χ0v) is 20.9. The highest BCUT2D eigenvalue weighted by molar-refractivity contribution is 8.16. The summed E-state index contributed by atoms with van der Waals surface area (Å²) >= 11 is 6.83. The van der Waals surface area contributed by atoms with E-state index >= 15 is 0 Å². The molecule has 0 aromatic heterocycles. The van der Waals surface area contributed by atoms with Crippen molar-refractivity contribution in [1.29, 1.82) is 0 Å². The quantitative estimate of drug-likeness (QED) is 0.553. The van der Waals surface area contributed by atoms with E-state index in [2.05, 4.69) is 4.99 Å². The number of rotatable bonds is 5. The van der Waals surface area contributed by atoms with Gasteiger partial charge in [0.25, 0.3) is 5.91 Å². The summed E-state index contributed by atoms with van der Waals surface area (Å²) in [6.45, 7) is 0. The van der Waals surface area contributed by atoms with Gasteiger partial charge in [-0.15, -0.1) is 0 Å². The molecule has 0 aliphatic carbocycles. The first kappa shape index (κ1) is 25.6. The van der Waals surface area contributed by atoms with E-state index in [4.69, 9.17) is 21.1 Å². The zero-order valence-electron chi connectivity index (χ0n) is 18.5. The summed E-state index contributed by atoms with van der Waals surface area (Å²) in [6, 6.07) is 7.61. The molecule has 2 aromatic rings. The van der Waals surface area contributed by atoms with Crippen molar-refractivity contribution in [2.75, 3.05) is 30.6 Å². The summed E-state index contributed by atoms with van der Waals surface area (Å²) < 4.78 is 75.2. The van der Waals surface area contributed by atoms with Crippen molar-refractivity contribution >= 4 is 50.0 Å². The summed E-state index contributed by atoms with van der Waals surface area (Å²) in [5, 5.41) is -0.791. The molecule has 2 unspecified atom stereocenters. The fourth-order valence-electron chi connectivity index (χ4n) is 4.06. The van der Waals surface area contributed by atoms with Gasteiger partial charge in [-0.05, 0) is 35.9 Å². The van der Waals surface area contributed by atoms with Crippen molar-refractivity contribution in [3.63, 3.8) is 0 Å². The number of methoxy groups -OCH3 is 2. The molecular weight excluding hydrogens is 529 g/mol. The lowest BCUT2D eigenvalue weighted by atomic mass is 10.1. The number of alkyl halides is 3. The van der Waals surface area contributed by atoms with Crippen LogP contribution in [-0.2, 0) is 27.2 Å². The number of benzene rings is 2. The molecule has 13 heteroatoms. The van der Waals surface area contributed by atoms with Gasteiger partial charge in [0.1, 0.15) is 0 Å². The zero-order chi connectivity index (χ0) is 25.5. The number of hydrogen-bond acceptors (Lipinski definition) is 6. The molecule has 2 saturated heterocycles. The first-order chi connectivity index (χ1) is 16.4. The van der Waals surface area contributed by atoms with Gasteiger partial charge in [0.2, 0.25) is 0 Å². The van der Waals surface area contributed by atoms with E-state index in [-0.39, 0.29) is 28.8 Å². The van der Waals surface area contributed by atoms with Crippen LogP contribution in [0, 0.1) is 0 Å². The molecular formula is C22H20ClF3N2O5S2. The topological polar surface area (TPSA) is 85.3 Å². The van der Waals surface area contributed by atoms with Crippen molar-refractivity contribution in [2.24, 2.45) is 4.99 Å². The van der Waals surface area contributed by atoms with Crippen LogP contribution in [0.25, 0.3) is 0 Å². The number of thioether (sulfide) groups is 1. The van der Waals surface area contributed by atoms with Gasteiger partial charge >= 0.3 is 6.18 Å². The first-order valence-corrected chi connectivity index (χ1v) is 13.3. The van der Waals surface area contributed by atoms with Crippen molar-refractivity contribution in [2.45, 2.75) is 23.9 Å². The molecule has 2 atom stereocenters. The average molecular weight is 549 g/mol. The number of aliphatic imine (C=N–C) groups is 1. The van der Waals surface area contributed by atoms with Gasteiger partial charge in [0, 0.05) is 10.9 Å². The minimum Gasteiger partial charge on any atom is -0.493 e. The van der Waals surface area contributed by atoms with Gasteiger partial charge < -0.3 is 14.4 Å². The lowest BCUT2D eigenvalue weighted by Gasteiger charge is -2.25. The minimum atomic E-state index is -4.71. The normalized spacial score (nSPS) is 22.3. The molecule has 1 amide bonds. The molecule has 2 heterocycles. The fraction of sp³-hybridized carbons (Fsp3) is 0.364. The van der Waals surface area contributed by atoms with E-state index < -0.39 is 43.8 Å². The number of anilines is 1. The molecule has 188 valence electrons. The molecule has 2 aliphatic rings. The number of fused-ring (bicyclic) bond motifs is 1. The van der Waals surface area contributed by atoms with Crippen LogP contribution in [0.15, 0.2) is 41.4 Å². The van der Waals surface area contributed by atoms with E-state index in [9.17, 15) is 26.4 Å². The third-order valence-electron chi connectivity index (χ3n) is 5.62. The van der Waals surface area contributed by atoms with Crippen molar-refractivity contribution in [3.8, 4) is 11.5 Å². The molecule has 2 aliphatic heterocycles. The monoisotopic (exact) mass is 548 g/mol. The van der Waals surface area contributed by atoms with Gasteiger partial charge in [0.05, 0.1) is 48.8 Å². The summed E-state index contributed by atoms with van der Waals surface area (Å²) in [5.74, 6) is -0.0239. The van der Waals surface area contributed by atoms with Crippen LogP contribution < -0.4 is 14.4 Å². The van der Waals surface area contributed by atoms with E-state index in [1.54, 1.807) is 18.2 Å². The van der Waals surface area contributed by atoms with Crippen LogP contribution in [0.4, 0.5) is 18.9 Å². The highest BCUT2D eigenvalue weighted by Crippen LogP contribution is 2.43. The van der Waals surface area contributed by atoms with E-state index in [1.807, 2.05) is 0 Å². The predicted octanol–water partition coefficient (Wildman–Crippen LogP) is 4.22. The molecule has 2 aromatic carbocycles. The van der Waals surface area contributed by atoms with Crippen molar-refractivity contribution in [1.82, 2.24) is 0 Å². The Bertz CT molecular complexity index is 1300. The van der Waals surface area contributed by atoms with Gasteiger partial charge in [-0.3, -0.25) is 4.79 Å². The number of amidine groups is 1. The number of nitrogens with zero attached hydrogens (tertiary/aromatic N) is 2. The third-order valence-corrected chi connectivity index (χ3v) is 9.16. The Morgan fingerprint density at radius 2 is 1.86 bits per heavy atom. The Balaban J connectivity index is 1.68. The molecule has 0 spiro atoms. The molecule has 0 bridgehead atoms. The number of sulfone groups is 1. The maximum atomic E-state index is 13.5. The second-order valence-electron chi connectivity index (χ2n) is 7.99. The standard InChI is InChI=1S/C22H20ClF3N2O5S2/c1-32-17-6-3-12(7-18(17)33-2)8-20(29)27-21-28(16-10-35(30,31)11-19(16)34-21)13-4-5-15(23)14(9-13)22(24,25)26/h3-7,9,16,19H,8,10-11H2,1-2H3. The minimum absolute atomic E-state index is 0.0662. The largest absolute Gasteiger partial charge is 0.493 e. The van der Waals surface area contributed by atoms with Crippen LogP contribution in [0.2, 0.25) is 5.02 Å². The van der Waals surface area contributed by atoms with Crippen LogP contribution in [0.1, 0.15) is 11.1 Å². The fourth-order valence-corrected chi connectivity index (χ4v) is 8.21. The number of amides is 1. The highest BCUT2D eigenvalue weighted by atomic mass is 35.5. The first-order valence-electron chi connectivity index (χ1n) is 10.3. The van der Waals surface area contributed by atoms with E-state index in [0.29, 0.717) is 17.1 Å². The smallest absolute Gasteiger partial charge is 0.417 e. The Hall–Kier alpha value is -2.44. The predicted molar refractivity (Wildman–Crippen MR) is 128 cm³/mol. The summed E-state index contributed by atoms with van der Waals surface area (Å²) in [5.41, 5.74) is -0.390. The Labute approximate surface area is 209 Å². The highest BCUT2D eigenvalue weighted by Gasteiger charge is 2.49. The molecule has 0 radical (unpaired) electrons. The van der Waals surface area contributed by atoms with Gasteiger partial charge in [-0.1, -0.05) is 29.4 Å². The van der Waals surface area contributed by atoms with Gasteiger partial charge in [-0.25, -0.2) is 8.42 Å². The van der Waals surface area contributed by atoms with Crippen molar-refractivity contribution in [3.05, 3.63) is 52.5 Å². The second kappa shape index (κ2) is 9.55. The molecule has 2 fully saturated rings. The number of carbonyl (C=O) groups is 1. The van der Waals surface area contributed by atoms with Gasteiger partial charge in [-0.2, -0.15) is 18.2 Å². The lowest BCUT2D eigenvalue weighted by Crippen LogP contribution is -2.38. The maximum Gasteiger partial charge on any atom is 0.417 e. The molecule has 0 N–H and O–H groups in total. The molecule has 35 heavy (non-hydrogen) atoms. The Kier molecular flexibility index (Phi) is 7.00. The number of hydrogen-bond donors (Lipinski definition) is 0. The Morgan fingerprint density at radius 1 is 1.14 bits per heavy atom. The number of carbonyl (C=O) groups excluding carboxylic acids is 1.